The summed E-state index contributed by atoms with van der Waals surface area (Å²) in [6.07, 6.45) is 44.4. The lowest BCUT2D eigenvalue weighted by atomic mass is 9.82. The molecule has 0 aliphatic heterocycles. The normalized spacial score (nSPS) is 12.3. The molecule has 1 unspecified atom stereocenters. The molecule has 0 heteroatoms. The minimum atomic E-state index is 0.790. The van der Waals surface area contributed by atoms with Crippen molar-refractivity contribution in [3.05, 3.63) is 34.9 Å². The standard InChI is InChI=1S/C42H78/c1-5-9-11-12-13-14-15-16-17-18-19-20-21-22-23-24-25-26-27-28-29-30-31-36-40(35-10-6-2)42-38-32-37-39(33-7-3)41(42)34-8-4/h32,37-38,40H,5-31,33-36H2,1-4H3. The van der Waals surface area contributed by atoms with Gasteiger partial charge in [-0.25, -0.2) is 0 Å². The van der Waals surface area contributed by atoms with Crippen LogP contribution >= 0.6 is 0 Å². The van der Waals surface area contributed by atoms with Gasteiger partial charge in [-0.05, 0) is 48.3 Å². The molecule has 0 saturated carbocycles. The molecule has 42 heavy (non-hydrogen) atoms. The van der Waals surface area contributed by atoms with E-state index >= 15 is 0 Å². The second kappa shape index (κ2) is 30.3. The van der Waals surface area contributed by atoms with E-state index in [1.165, 1.54) is 199 Å². The van der Waals surface area contributed by atoms with Gasteiger partial charge in [-0.15, -0.1) is 0 Å². The molecule has 0 heterocycles. The molecule has 0 nitrogen and oxygen atoms in total. The van der Waals surface area contributed by atoms with E-state index in [0.717, 1.165) is 5.92 Å². The number of hydrogen-bond acceptors (Lipinski definition) is 0. The van der Waals surface area contributed by atoms with Crippen molar-refractivity contribution < 1.29 is 0 Å². The quantitative estimate of drug-likeness (QED) is 0.0741. The third kappa shape index (κ3) is 21.0. The minimum absolute atomic E-state index is 0.790. The van der Waals surface area contributed by atoms with Gasteiger partial charge in [0, 0.05) is 0 Å². The van der Waals surface area contributed by atoms with Crippen molar-refractivity contribution in [2.24, 2.45) is 0 Å². The topological polar surface area (TPSA) is 0 Å². The first-order valence-electron chi connectivity index (χ1n) is 19.9. The molecule has 0 amide bonds. The van der Waals surface area contributed by atoms with Crippen molar-refractivity contribution in [2.45, 2.75) is 233 Å². The van der Waals surface area contributed by atoms with Gasteiger partial charge >= 0.3 is 0 Å². The van der Waals surface area contributed by atoms with Gasteiger partial charge in [0.2, 0.25) is 0 Å². The van der Waals surface area contributed by atoms with Crippen LogP contribution in [-0.4, -0.2) is 0 Å². The van der Waals surface area contributed by atoms with E-state index in [9.17, 15) is 0 Å². The van der Waals surface area contributed by atoms with Gasteiger partial charge in [-0.3, -0.25) is 0 Å². The van der Waals surface area contributed by atoms with Crippen molar-refractivity contribution >= 4 is 0 Å². The maximum atomic E-state index is 2.49. The molecule has 0 spiro atoms. The second-order valence-corrected chi connectivity index (χ2v) is 13.9. The van der Waals surface area contributed by atoms with Gasteiger partial charge in [0.1, 0.15) is 0 Å². The molecule has 0 fully saturated rings. The zero-order valence-corrected chi connectivity index (χ0v) is 29.7. The molecule has 0 aliphatic rings. The summed E-state index contributed by atoms with van der Waals surface area (Å²) in [4.78, 5) is 0. The zero-order chi connectivity index (χ0) is 30.4. The van der Waals surface area contributed by atoms with Crippen molar-refractivity contribution in [3.63, 3.8) is 0 Å². The molecule has 0 aliphatic carbocycles. The Morgan fingerprint density at radius 1 is 0.381 bits per heavy atom. The van der Waals surface area contributed by atoms with Crippen molar-refractivity contribution in [1.82, 2.24) is 0 Å². The van der Waals surface area contributed by atoms with Gasteiger partial charge in [0.25, 0.3) is 0 Å². The van der Waals surface area contributed by atoms with Gasteiger partial charge in [0.15, 0.2) is 0 Å². The van der Waals surface area contributed by atoms with Crippen molar-refractivity contribution in [3.8, 4) is 0 Å². The van der Waals surface area contributed by atoms with E-state index < -0.39 is 0 Å². The number of aryl methyl sites for hydroxylation is 1. The Morgan fingerprint density at radius 2 is 0.762 bits per heavy atom. The molecule has 0 radical (unpaired) electrons. The molecular formula is C42H78. The number of hydrogen-bond donors (Lipinski definition) is 0. The highest BCUT2D eigenvalue weighted by atomic mass is 14.2. The molecular weight excluding hydrogens is 504 g/mol. The predicted octanol–water partition coefficient (Wildman–Crippen LogP) is 15.2. The predicted molar refractivity (Wildman–Crippen MR) is 193 cm³/mol. The Balaban J connectivity index is 2.01. The molecule has 0 saturated heterocycles. The summed E-state index contributed by atoms with van der Waals surface area (Å²) in [6, 6.07) is 7.26. The van der Waals surface area contributed by atoms with Crippen LogP contribution in [0, 0.1) is 0 Å². The zero-order valence-electron chi connectivity index (χ0n) is 29.7. The first-order valence-corrected chi connectivity index (χ1v) is 19.9. The highest BCUT2D eigenvalue weighted by molar-refractivity contribution is 5.38. The summed E-state index contributed by atoms with van der Waals surface area (Å²) < 4.78 is 0. The average molecular weight is 583 g/mol. The molecule has 0 aromatic heterocycles. The van der Waals surface area contributed by atoms with E-state index in [1.54, 1.807) is 16.7 Å². The summed E-state index contributed by atoms with van der Waals surface area (Å²) in [5.41, 5.74) is 5.08. The molecule has 1 rings (SSSR count). The summed E-state index contributed by atoms with van der Waals surface area (Å²) in [6.45, 7) is 9.35. The number of unbranched alkanes of at least 4 members (excludes halogenated alkanes) is 23. The SMILES string of the molecule is CCCCCCCCCCCCCCCCCCCCCCCCCC(CCCC)c1cccc(CCC)c1CCC. The van der Waals surface area contributed by atoms with Gasteiger partial charge < -0.3 is 0 Å². The maximum Gasteiger partial charge on any atom is -0.0159 e. The van der Waals surface area contributed by atoms with Gasteiger partial charge in [-0.2, -0.15) is 0 Å². The van der Waals surface area contributed by atoms with Crippen LogP contribution in [0.25, 0.3) is 0 Å². The summed E-state index contributed by atoms with van der Waals surface area (Å²) in [5.74, 6) is 0.790. The third-order valence-electron chi connectivity index (χ3n) is 9.83. The fraction of sp³-hybridized carbons (Fsp3) is 0.857. The highest BCUT2D eigenvalue weighted by Crippen LogP contribution is 2.33. The Kier molecular flexibility index (Phi) is 28.3. The summed E-state index contributed by atoms with van der Waals surface area (Å²) in [5, 5.41) is 0. The fourth-order valence-electron chi connectivity index (χ4n) is 7.18. The van der Waals surface area contributed by atoms with E-state index in [4.69, 9.17) is 0 Å². The lowest BCUT2D eigenvalue weighted by molar-refractivity contribution is 0.491. The molecule has 1 aromatic carbocycles. The van der Waals surface area contributed by atoms with Crippen LogP contribution in [0.5, 0.6) is 0 Å². The van der Waals surface area contributed by atoms with Crippen LogP contribution in [0.1, 0.15) is 237 Å². The average Bonchev–Trinajstić information content (AvgIpc) is 3.00. The van der Waals surface area contributed by atoms with Crippen molar-refractivity contribution in [1.29, 1.82) is 0 Å². The Bertz CT molecular complexity index is 673. The highest BCUT2D eigenvalue weighted by Gasteiger charge is 2.17. The first kappa shape index (κ1) is 39.2. The van der Waals surface area contributed by atoms with Crippen LogP contribution in [0.15, 0.2) is 18.2 Å². The molecule has 1 aromatic rings. The lowest BCUT2D eigenvalue weighted by Gasteiger charge is -2.23. The fourth-order valence-corrected chi connectivity index (χ4v) is 7.18. The summed E-state index contributed by atoms with van der Waals surface area (Å²) >= 11 is 0. The maximum absolute atomic E-state index is 2.49. The van der Waals surface area contributed by atoms with Crippen LogP contribution in [0.2, 0.25) is 0 Å². The van der Waals surface area contributed by atoms with Crippen LogP contribution < -0.4 is 0 Å². The van der Waals surface area contributed by atoms with E-state index in [-0.39, 0.29) is 0 Å². The molecule has 0 N–H and O–H groups in total. The molecule has 0 bridgehead atoms. The molecule has 246 valence electrons. The van der Waals surface area contributed by atoms with Gasteiger partial charge in [0.05, 0.1) is 0 Å². The smallest absolute Gasteiger partial charge is 0.0159 e. The van der Waals surface area contributed by atoms with E-state index in [0.29, 0.717) is 0 Å². The number of benzene rings is 1. The minimum Gasteiger partial charge on any atom is -0.0654 e. The Hall–Kier alpha value is -0.780. The van der Waals surface area contributed by atoms with Crippen molar-refractivity contribution in [2.75, 3.05) is 0 Å². The monoisotopic (exact) mass is 583 g/mol. The van der Waals surface area contributed by atoms with Crippen LogP contribution in [0.4, 0.5) is 0 Å². The molecule has 1 atom stereocenters. The van der Waals surface area contributed by atoms with E-state index in [2.05, 4.69) is 45.9 Å². The Morgan fingerprint density at radius 3 is 1.17 bits per heavy atom. The van der Waals surface area contributed by atoms with Crippen LogP contribution in [0.3, 0.4) is 0 Å². The second-order valence-electron chi connectivity index (χ2n) is 13.9. The number of rotatable bonds is 32. The first-order chi connectivity index (χ1) is 20.8. The van der Waals surface area contributed by atoms with Gasteiger partial charge in [-0.1, -0.05) is 219 Å². The third-order valence-corrected chi connectivity index (χ3v) is 9.83. The Labute approximate surface area is 267 Å². The summed E-state index contributed by atoms with van der Waals surface area (Å²) in [7, 11) is 0. The van der Waals surface area contributed by atoms with Crippen LogP contribution in [-0.2, 0) is 12.8 Å². The van der Waals surface area contributed by atoms with E-state index in [1.807, 2.05) is 0 Å². The largest absolute Gasteiger partial charge is 0.0654 e. The lowest BCUT2D eigenvalue weighted by Crippen LogP contribution is -2.07.